The molecule has 0 spiro atoms. The SMILES string of the molecule is CCn1ncc(S(=O)(=O)N(CC(C)C)CC(C)C)c1C. The van der Waals surface area contributed by atoms with Gasteiger partial charge in [-0.1, -0.05) is 27.7 Å². The predicted octanol–water partition coefficient (Wildman–Crippen LogP) is 2.51. The molecular formula is C14H27N3O2S. The van der Waals surface area contributed by atoms with Crippen molar-refractivity contribution in [3.8, 4) is 0 Å². The van der Waals surface area contributed by atoms with Gasteiger partial charge in [-0.05, 0) is 25.7 Å². The van der Waals surface area contributed by atoms with Crippen LogP contribution in [0.3, 0.4) is 0 Å². The van der Waals surface area contributed by atoms with E-state index in [1.54, 1.807) is 8.99 Å². The van der Waals surface area contributed by atoms with E-state index >= 15 is 0 Å². The van der Waals surface area contributed by atoms with Gasteiger partial charge in [-0.3, -0.25) is 4.68 Å². The Bertz CT molecular complexity index is 523. The van der Waals surface area contributed by atoms with Crippen LogP contribution < -0.4 is 0 Å². The van der Waals surface area contributed by atoms with Crippen LogP contribution in [0.1, 0.15) is 40.3 Å². The lowest BCUT2D eigenvalue weighted by Gasteiger charge is -2.25. The summed E-state index contributed by atoms with van der Waals surface area (Å²) in [7, 11) is -3.46. The van der Waals surface area contributed by atoms with Crippen molar-refractivity contribution in [2.75, 3.05) is 13.1 Å². The fraction of sp³-hybridized carbons (Fsp3) is 0.786. The monoisotopic (exact) mass is 301 g/mol. The van der Waals surface area contributed by atoms with E-state index in [1.165, 1.54) is 6.20 Å². The molecule has 0 N–H and O–H groups in total. The third-order valence-electron chi connectivity index (χ3n) is 3.11. The summed E-state index contributed by atoms with van der Waals surface area (Å²) in [6.45, 7) is 13.7. The molecule has 5 nitrogen and oxygen atoms in total. The van der Waals surface area contributed by atoms with Crippen molar-refractivity contribution < 1.29 is 8.42 Å². The molecule has 1 aromatic heterocycles. The molecule has 0 aromatic carbocycles. The number of aromatic nitrogens is 2. The van der Waals surface area contributed by atoms with Gasteiger partial charge in [0.1, 0.15) is 4.90 Å². The van der Waals surface area contributed by atoms with E-state index < -0.39 is 10.0 Å². The summed E-state index contributed by atoms with van der Waals surface area (Å²) in [6, 6.07) is 0. The van der Waals surface area contributed by atoms with Gasteiger partial charge in [0, 0.05) is 19.6 Å². The predicted molar refractivity (Wildman–Crippen MR) is 81.1 cm³/mol. The van der Waals surface area contributed by atoms with Gasteiger partial charge in [-0.2, -0.15) is 9.40 Å². The van der Waals surface area contributed by atoms with Crippen molar-refractivity contribution in [1.82, 2.24) is 14.1 Å². The van der Waals surface area contributed by atoms with Gasteiger partial charge < -0.3 is 0 Å². The van der Waals surface area contributed by atoms with Crippen LogP contribution in [0.4, 0.5) is 0 Å². The smallest absolute Gasteiger partial charge is 0.246 e. The van der Waals surface area contributed by atoms with Crippen LogP contribution in [0.2, 0.25) is 0 Å². The molecule has 0 amide bonds. The van der Waals surface area contributed by atoms with Crippen molar-refractivity contribution in [2.24, 2.45) is 11.8 Å². The lowest BCUT2D eigenvalue weighted by Crippen LogP contribution is -2.37. The summed E-state index contributed by atoms with van der Waals surface area (Å²) >= 11 is 0. The van der Waals surface area contributed by atoms with Gasteiger partial charge in [0.2, 0.25) is 10.0 Å². The molecule has 0 aliphatic rings. The first-order chi connectivity index (χ1) is 9.20. The Hall–Kier alpha value is -0.880. The first kappa shape index (κ1) is 17.2. The molecule has 116 valence electrons. The maximum atomic E-state index is 12.8. The summed E-state index contributed by atoms with van der Waals surface area (Å²) in [5, 5.41) is 4.15. The van der Waals surface area contributed by atoms with Crippen molar-refractivity contribution in [3.63, 3.8) is 0 Å². The highest BCUT2D eigenvalue weighted by Gasteiger charge is 2.29. The Morgan fingerprint density at radius 1 is 1.20 bits per heavy atom. The molecule has 0 saturated carbocycles. The summed E-state index contributed by atoms with van der Waals surface area (Å²) in [5.41, 5.74) is 0.713. The van der Waals surface area contributed by atoms with E-state index in [2.05, 4.69) is 5.10 Å². The summed E-state index contributed by atoms with van der Waals surface area (Å²) < 4.78 is 29.0. The second kappa shape index (κ2) is 6.72. The van der Waals surface area contributed by atoms with E-state index in [-0.39, 0.29) is 0 Å². The maximum absolute atomic E-state index is 12.8. The van der Waals surface area contributed by atoms with Crippen LogP contribution in [0.25, 0.3) is 0 Å². The van der Waals surface area contributed by atoms with Crippen LogP contribution in [0.15, 0.2) is 11.1 Å². The van der Waals surface area contributed by atoms with Gasteiger partial charge in [-0.15, -0.1) is 0 Å². The third-order valence-corrected chi connectivity index (χ3v) is 5.05. The molecule has 20 heavy (non-hydrogen) atoms. The molecule has 0 radical (unpaired) electrons. The van der Waals surface area contributed by atoms with Crippen LogP contribution >= 0.6 is 0 Å². The fourth-order valence-corrected chi connectivity index (χ4v) is 4.15. The van der Waals surface area contributed by atoms with E-state index in [1.807, 2.05) is 41.5 Å². The van der Waals surface area contributed by atoms with Gasteiger partial charge in [0.05, 0.1) is 11.9 Å². The molecule has 1 heterocycles. The number of hydrogen-bond acceptors (Lipinski definition) is 3. The van der Waals surface area contributed by atoms with Gasteiger partial charge >= 0.3 is 0 Å². The lowest BCUT2D eigenvalue weighted by atomic mass is 10.2. The largest absolute Gasteiger partial charge is 0.269 e. The standard InChI is InChI=1S/C14H27N3O2S/c1-7-17-13(6)14(8-15-17)20(18,19)16(9-11(2)3)10-12(4)5/h8,11-12H,7,9-10H2,1-6H3. The van der Waals surface area contributed by atoms with E-state index in [0.29, 0.717) is 42.1 Å². The van der Waals surface area contributed by atoms with Crippen molar-refractivity contribution >= 4 is 10.0 Å². The quantitative estimate of drug-likeness (QED) is 0.777. The van der Waals surface area contributed by atoms with Crippen molar-refractivity contribution in [2.45, 2.75) is 53.0 Å². The van der Waals surface area contributed by atoms with Crippen LogP contribution in [-0.4, -0.2) is 35.6 Å². The van der Waals surface area contributed by atoms with Crippen LogP contribution in [0, 0.1) is 18.8 Å². The number of rotatable bonds is 7. The minimum Gasteiger partial charge on any atom is -0.269 e. The average molecular weight is 301 g/mol. The lowest BCUT2D eigenvalue weighted by molar-refractivity contribution is 0.333. The Balaban J connectivity index is 3.17. The second-order valence-corrected chi connectivity index (χ2v) is 7.93. The second-order valence-electron chi connectivity index (χ2n) is 6.02. The molecule has 0 bridgehead atoms. The average Bonchev–Trinajstić information content (AvgIpc) is 2.68. The molecule has 0 atom stereocenters. The molecule has 1 rings (SSSR count). The first-order valence-corrected chi connectivity index (χ1v) is 8.66. The third kappa shape index (κ3) is 3.82. The van der Waals surface area contributed by atoms with Crippen molar-refractivity contribution in [3.05, 3.63) is 11.9 Å². The highest BCUT2D eigenvalue weighted by molar-refractivity contribution is 7.89. The molecule has 0 fully saturated rings. The zero-order valence-corrected chi connectivity index (χ0v) is 14.2. The fourth-order valence-electron chi connectivity index (χ4n) is 2.23. The highest BCUT2D eigenvalue weighted by Crippen LogP contribution is 2.21. The Morgan fingerprint density at radius 2 is 1.70 bits per heavy atom. The molecule has 1 aromatic rings. The molecule has 0 unspecified atom stereocenters. The van der Waals surface area contributed by atoms with Crippen LogP contribution in [-0.2, 0) is 16.6 Å². The first-order valence-electron chi connectivity index (χ1n) is 7.22. The minimum atomic E-state index is -3.46. The van der Waals surface area contributed by atoms with Gasteiger partial charge in [-0.25, -0.2) is 8.42 Å². The maximum Gasteiger partial charge on any atom is 0.246 e. The normalized spacial score (nSPS) is 12.8. The highest BCUT2D eigenvalue weighted by atomic mass is 32.2. The zero-order chi connectivity index (χ0) is 15.5. The molecule has 6 heteroatoms. The molecule has 0 saturated heterocycles. The minimum absolute atomic E-state index is 0.296. The summed E-state index contributed by atoms with van der Waals surface area (Å²) in [4.78, 5) is 0.334. The molecular weight excluding hydrogens is 274 g/mol. The zero-order valence-electron chi connectivity index (χ0n) is 13.4. The number of sulfonamides is 1. The van der Waals surface area contributed by atoms with Gasteiger partial charge in [0.25, 0.3) is 0 Å². The van der Waals surface area contributed by atoms with Crippen LogP contribution in [0.5, 0.6) is 0 Å². The number of aryl methyl sites for hydroxylation is 1. The Morgan fingerprint density at radius 3 is 2.05 bits per heavy atom. The molecule has 0 aliphatic heterocycles. The summed E-state index contributed by atoms with van der Waals surface area (Å²) in [5.74, 6) is 0.593. The topological polar surface area (TPSA) is 55.2 Å². The van der Waals surface area contributed by atoms with E-state index in [0.717, 1.165) is 0 Å². The Labute approximate surface area is 123 Å². The van der Waals surface area contributed by atoms with E-state index in [4.69, 9.17) is 0 Å². The Kier molecular flexibility index (Phi) is 5.77. The molecule has 0 aliphatic carbocycles. The van der Waals surface area contributed by atoms with E-state index in [9.17, 15) is 8.42 Å². The summed E-state index contributed by atoms with van der Waals surface area (Å²) in [6.07, 6.45) is 1.47. The van der Waals surface area contributed by atoms with Gasteiger partial charge in [0.15, 0.2) is 0 Å². The number of hydrogen-bond donors (Lipinski definition) is 0. The number of nitrogens with zero attached hydrogens (tertiary/aromatic N) is 3. The van der Waals surface area contributed by atoms with Crippen molar-refractivity contribution in [1.29, 1.82) is 0 Å².